The van der Waals surface area contributed by atoms with Crippen LogP contribution in [0, 0.1) is 17.0 Å². The standard InChI is InChI=1S/C16H20N2O4/c1-11-10-12(6-7-13(11)18(20)21)16(19)17-8-2-4-14(17)15-5-3-9-22-15/h6-7,10,14-15H,2-5,8-9H2,1H3/t14-,15+/m1/s1. The minimum atomic E-state index is -0.422. The number of hydrogen-bond acceptors (Lipinski definition) is 4. The van der Waals surface area contributed by atoms with E-state index < -0.39 is 4.92 Å². The van der Waals surface area contributed by atoms with E-state index in [1.165, 1.54) is 6.07 Å². The Hall–Kier alpha value is -1.95. The highest BCUT2D eigenvalue weighted by atomic mass is 16.6. The highest BCUT2D eigenvalue weighted by Gasteiger charge is 2.37. The van der Waals surface area contributed by atoms with Crippen LogP contribution in [0.4, 0.5) is 5.69 Å². The second kappa shape index (κ2) is 6.04. The number of carbonyl (C=O) groups excluding carboxylic acids is 1. The number of aryl methyl sites for hydroxylation is 1. The molecule has 6 heteroatoms. The number of nitro groups is 1. The number of hydrogen-bond donors (Lipinski definition) is 0. The van der Waals surface area contributed by atoms with Gasteiger partial charge in [-0.15, -0.1) is 0 Å². The van der Waals surface area contributed by atoms with Crippen molar-refractivity contribution >= 4 is 11.6 Å². The summed E-state index contributed by atoms with van der Waals surface area (Å²) in [5, 5.41) is 10.9. The van der Waals surface area contributed by atoms with Gasteiger partial charge in [-0.25, -0.2) is 0 Å². The molecular weight excluding hydrogens is 284 g/mol. The lowest BCUT2D eigenvalue weighted by molar-refractivity contribution is -0.385. The summed E-state index contributed by atoms with van der Waals surface area (Å²) in [7, 11) is 0. The Balaban J connectivity index is 1.80. The molecule has 2 saturated heterocycles. The Labute approximate surface area is 129 Å². The molecule has 2 aliphatic rings. The molecule has 0 spiro atoms. The molecular formula is C16H20N2O4. The number of amides is 1. The number of nitro benzene ring substituents is 1. The molecule has 2 aliphatic heterocycles. The molecule has 0 saturated carbocycles. The number of nitrogens with zero attached hydrogens (tertiary/aromatic N) is 2. The van der Waals surface area contributed by atoms with E-state index >= 15 is 0 Å². The number of carbonyl (C=O) groups is 1. The summed E-state index contributed by atoms with van der Waals surface area (Å²) < 4.78 is 5.74. The van der Waals surface area contributed by atoms with Crippen LogP contribution < -0.4 is 0 Å². The van der Waals surface area contributed by atoms with Gasteiger partial charge in [-0.2, -0.15) is 0 Å². The van der Waals surface area contributed by atoms with Crippen LogP contribution in [-0.4, -0.2) is 41.0 Å². The maximum absolute atomic E-state index is 12.7. The smallest absolute Gasteiger partial charge is 0.272 e. The van der Waals surface area contributed by atoms with Gasteiger partial charge in [-0.05, 0) is 44.7 Å². The first-order chi connectivity index (χ1) is 10.6. The van der Waals surface area contributed by atoms with Crippen molar-refractivity contribution in [3.8, 4) is 0 Å². The zero-order valence-electron chi connectivity index (χ0n) is 12.7. The van der Waals surface area contributed by atoms with Crippen molar-refractivity contribution < 1.29 is 14.5 Å². The SMILES string of the molecule is Cc1cc(C(=O)N2CCC[C@@H]2[C@@H]2CCCO2)ccc1[N+](=O)[O-]. The minimum Gasteiger partial charge on any atom is -0.376 e. The molecule has 0 unspecified atom stereocenters. The summed E-state index contributed by atoms with van der Waals surface area (Å²) >= 11 is 0. The molecule has 0 bridgehead atoms. The maximum Gasteiger partial charge on any atom is 0.272 e. The van der Waals surface area contributed by atoms with Gasteiger partial charge in [0, 0.05) is 30.3 Å². The molecule has 1 aromatic carbocycles. The molecule has 118 valence electrons. The van der Waals surface area contributed by atoms with E-state index in [1.54, 1.807) is 19.1 Å². The van der Waals surface area contributed by atoms with Gasteiger partial charge in [0.25, 0.3) is 11.6 Å². The zero-order chi connectivity index (χ0) is 15.7. The molecule has 1 amide bonds. The summed E-state index contributed by atoms with van der Waals surface area (Å²) in [6, 6.07) is 4.73. The lowest BCUT2D eigenvalue weighted by Gasteiger charge is -2.29. The Morgan fingerprint density at radius 3 is 2.82 bits per heavy atom. The molecule has 1 aromatic rings. The fraction of sp³-hybridized carbons (Fsp3) is 0.562. The summed E-state index contributed by atoms with van der Waals surface area (Å²) in [6.45, 7) is 3.18. The summed E-state index contributed by atoms with van der Waals surface area (Å²) in [5.74, 6) is -0.0454. The van der Waals surface area contributed by atoms with Crippen LogP contribution in [0.3, 0.4) is 0 Å². The van der Waals surface area contributed by atoms with Crippen molar-refractivity contribution in [1.82, 2.24) is 4.90 Å². The van der Waals surface area contributed by atoms with Crippen molar-refractivity contribution in [2.24, 2.45) is 0 Å². The summed E-state index contributed by atoms with van der Waals surface area (Å²) in [5.41, 5.74) is 1.09. The van der Waals surface area contributed by atoms with Gasteiger partial charge in [-0.3, -0.25) is 14.9 Å². The van der Waals surface area contributed by atoms with Crippen molar-refractivity contribution in [3.05, 3.63) is 39.4 Å². The Bertz CT molecular complexity index is 596. The Kier molecular flexibility index (Phi) is 4.11. The van der Waals surface area contributed by atoms with Crippen LogP contribution >= 0.6 is 0 Å². The van der Waals surface area contributed by atoms with Crippen molar-refractivity contribution in [3.63, 3.8) is 0 Å². The van der Waals surface area contributed by atoms with Gasteiger partial charge in [0.2, 0.25) is 0 Å². The van der Waals surface area contributed by atoms with Gasteiger partial charge >= 0.3 is 0 Å². The molecule has 0 N–H and O–H groups in total. The average Bonchev–Trinajstić information content (AvgIpc) is 3.16. The fourth-order valence-corrected chi connectivity index (χ4v) is 3.50. The van der Waals surface area contributed by atoms with Crippen LogP contribution in [0.5, 0.6) is 0 Å². The number of rotatable bonds is 3. The molecule has 2 fully saturated rings. The van der Waals surface area contributed by atoms with Crippen LogP contribution in [0.15, 0.2) is 18.2 Å². The van der Waals surface area contributed by atoms with Gasteiger partial charge in [-0.1, -0.05) is 0 Å². The third-order valence-electron chi connectivity index (χ3n) is 4.59. The minimum absolute atomic E-state index is 0.0454. The normalized spacial score (nSPS) is 24.7. The van der Waals surface area contributed by atoms with Gasteiger partial charge in [0.15, 0.2) is 0 Å². The summed E-state index contributed by atoms with van der Waals surface area (Å²) in [6.07, 6.45) is 4.17. The number of benzene rings is 1. The van der Waals surface area contributed by atoms with Crippen molar-refractivity contribution in [2.75, 3.05) is 13.2 Å². The molecule has 3 rings (SSSR count). The molecule has 0 aliphatic carbocycles. The van der Waals surface area contributed by atoms with Gasteiger partial charge in [0.05, 0.1) is 17.1 Å². The highest BCUT2D eigenvalue weighted by Crippen LogP contribution is 2.29. The predicted molar refractivity (Wildman–Crippen MR) is 80.9 cm³/mol. The first kappa shape index (κ1) is 15.0. The monoisotopic (exact) mass is 304 g/mol. The summed E-state index contributed by atoms with van der Waals surface area (Å²) in [4.78, 5) is 25.1. The Morgan fingerprint density at radius 1 is 1.36 bits per heavy atom. The highest BCUT2D eigenvalue weighted by molar-refractivity contribution is 5.95. The first-order valence-electron chi connectivity index (χ1n) is 7.75. The van der Waals surface area contributed by atoms with Gasteiger partial charge < -0.3 is 9.64 Å². The van der Waals surface area contributed by atoms with Crippen LogP contribution in [-0.2, 0) is 4.74 Å². The zero-order valence-corrected chi connectivity index (χ0v) is 12.7. The van der Waals surface area contributed by atoms with Gasteiger partial charge in [0.1, 0.15) is 0 Å². The van der Waals surface area contributed by atoms with Crippen LogP contribution in [0.2, 0.25) is 0 Å². The third-order valence-corrected chi connectivity index (χ3v) is 4.59. The molecule has 2 heterocycles. The number of ether oxygens (including phenoxy) is 1. The van der Waals surface area contributed by atoms with E-state index in [2.05, 4.69) is 0 Å². The second-order valence-corrected chi connectivity index (χ2v) is 6.02. The third kappa shape index (κ3) is 2.70. The molecule has 2 atom stereocenters. The molecule has 0 radical (unpaired) electrons. The van der Waals surface area contributed by atoms with E-state index in [9.17, 15) is 14.9 Å². The van der Waals surface area contributed by atoms with Crippen LogP contribution in [0.1, 0.15) is 41.6 Å². The number of likely N-dealkylation sites (tertiary alicyclic amines) is 1. The van der Waals surface area contributed by atoms with E-state index in [-0.39, 0.29) is 23.7 Å². The van der Waals surface area contributed by atoms with Crippen molar-refractivity contribution in [2.45, 2.75) is 44.8 Å². The van der Waals surface area contributed by atoms with Crippen molar-refractivity contribution in [1.29, 1.82) is 0 Å². The lowest BCUT2D eigenvalue weighted by Crippen LogP contribution is -2.42. The first-order valence-corrected chi connectivity index (χ1v) is 7.75. The fourth-order valence-electron chi connectivity index (χ4n) is 3.50. The largest absolute Gasteiger partial charge is 0.376 e. The molecule has 22 heavy (non-hydrogen) atoms. The van der Waals surface area contributed by atoms with E-state index in [0.717, 1.165) is 38.8 Å². The maximum atomic E-state index is 12.7. The predicted octanol–water partition coefficient (Wildman–Crippen LogP) is 2.69. The van der Waals surface area contributed by atoms with Crippen LogP contribution in [0.25, 0.3) is 0 Å². The molecule has 6 nitrogen and oxygen atoms in total. The second-order valence-electron chi connectivity index (χ2n) is 6.02. The quantitative estimate of drug-likeness (QED) is 0.635. The molecule has 0 aromatic heterocycles. The Morgan fingerprint density at radius 2 is 2.18 bits per heavy atom. The lowest BCUT2D eigenvalue weighted by atomic mass is 10.0. The van der Waals surface area contributed by atoms with E-state index in [4.69, 9.17) is 4.74 Å². The topological polar surface area (TPSA) is 72.7 Å². The average molecular weight is 304 g/mol. The van der Waals surface area contributed by atoms with E-state index in [0.29, 0.717) is 11.1 Å². The van der Waals surface area contributed by atoms with E-state index in [1.807, 2.05) is 4.90 Å².